The number of nitro groups is 1. The summed E-state index contributed by atoms with van der Waals surface area (Å²) >= 11 is 0. The maximum absolute atomic E-state index is 13.4. The number of carbonyl (C=O) groups excluding carboxylic acids is 1. The standard InChI is InChI=1S/C18H19N3O6S/c1-19-18(22)15-9-12-5-3-4-6-13(12)11-20(15)28(25,26)17-10-14(21(23)24)7-8-16(17)27-2/h3-8,10,15H,9,11H2,1-2H3,(H,19,22)/t15-/m0/s1. The van der Waals surface area contributed by atoms with Crippen LogP contribution < -0.4 is 10.1 Å². The van der Waals surface area contributed by atoms with Gasteiger partial charge in [0.1, 0.15) is 16.7 Å². The average molecular weight is 405 g/mol. The molecule has 0 spiro atoms. The minimum Gasteiger partial charge on any atom is -0.495 e. The molecule has 1 N–H and O–H groups in total. The van der Waals surface area contributed by atoms with Gasteiger partial charge >= 0.3 is 0 Å². The molecule has 1 aliphatic heterocycles. The Hall–Kier alpha value is -2.98. The molecule has 1 atom stereocenters. The lowest BCUT2D eigenvalue weighted by atomic mass is 9.95. The van der Waals surface area contributed by atoms with Crippen LogP contribution in [0.3, 0.4) is 0 Å². The van der Waals surface area contributed by atoms with Crippen molar-refractivity contribution in [3.63, 3.8) is 0 Å². The average Bonchev–Trinajstić information content (AvgIpc) is 2.71. The predicted molar refractivity (Wildman–Crippen MR) is 100 cm³/mol. The van der Waals surface area contributed by atoms with Crippen molar-refractivity contribution in [2.24, 2.45) is 0 Å². The van der Waals surface area contributed by atoms with Gasteiger partial charge in [0.15, 0.2) is 0 Å². The maximum atomic E-state index is 13.4. The van der Waals surface area contributed by atoms with E-state index in [0.717, 1.165) is 21.5 Å². The Bertz CT molecular complexity index is 1040. The van der Waals surface area contributed by atoms with Crippen LogP contribution in [0.5, 0.6) is 5.75 Å². The molecule has 9 nitrogen and oxygen atoms in total. The second-order valence-corrected chi connectivity index (χ2v) is 8.10. The number of likely N-dealkylation sites (N-methyl/N-ethyl adjacent to an activating group) is 1. The number of non-ortho nitro benzene ring substituents is 1. The highest BCUT2D eigenvalue weighted by Crippen LogP contribution is 2.35. The van der Waals surface area contributed by atoms with Crippen molar-refractivity contribution in [2.45, 2.75) is 23.9 Å². The summed E-state index contributed by atoms with van der Waals surface area (Å²) in [6.45, 7) is -0.0254. The van der Waals surface area contributed by atoms with E-state index < -0.39 is 26.9 Å². The summed E-state index contributed by atoms with van der Waals surface area (Å²) < 4.78 is 33.0. The Labute approximate surface area is 162 Å². The van der Waals surface area contributed by atoms with Crippen molar-refractivity contribution in [1.82, 2.24) is 9.62 Å². The van der Waals surface area contributed by atoms with Gasteiger partial charge in [-0.3, -0.25) is 14.9 Å². The van der Waals surface area contributed by atoms with Crippen molar-refractivity contribution in [1.29, 1.82) is 0 Å². The molecule has 3 rings (SSSR count). The van der Waals surface area contributed by atoms with Gasteiger partial charge in [-0.2, -0.15) is 4.31 Å². The molecule has 0 saturated carbocycles. The molecule has 148 valence electrons. The number of amides is 1. The molecule has 2 aromatic carbocycles. The highest BCUT2D eigenvalue weighted by atomic mass is 32.2. The van der Waals surface area contributed by atoms with Crippen LogP contribution in [0.15, 0.2) is 47.4 Å². The van der Waals surface area contributed by atoms with Crippen molar-refractivity contribution in [2.75, 3.05) is 14.2 Å². The van der Waals surface area contributed by atoms with E-state index in [4.69, 9.17) is 4.74 Å². The number of methoxy groups -OCH3 is 1. The zero-order valence-corrected chi connectivity index (χ0v) is 16.1. The summed E-state index contributed by atoms with van der Waals surface area (Å²) in [5.74, 6) is -0.484. The van der Waals surface area contributed by atoms with Gasteiger partial charge in [0.05, 0.1) is 12.0 Å². The number of nitro benzene ring substituents is 1. The molecule has 0 aliphatic carbocycles. The molecular weight excluding hydrogens is 386 g/mol. The smallest absolute Gasteiger partial charge is 0.271 e. The molecule has 0 aromatic heterocycles. The first kappa shape index (κ1) is 19.8. The van der Waals surface area contributed by atoms with E-state index >= 15 is 0 Å². The van der Waals surface area contributed by atoms with E-state index in [1.165, 1.54) is 26.3 Å². The van der Waals surface area contributed by atoms with E-state index in [0.29, 0.717) is 0 Å². The van der Waals surface area contributed by atoms with Crippen molar-refractivity contribution < 1.29 is 22.9 Å². The van der Waals surface area contributed by atoms with Gasteiger partial charge in [0.25, 0.3) is 5.69 Å². The van der Waals surface area contributed by atoms with Gasteiger partial charge in [-0.15, -0.1) is 0 Å². The van der Waals surface area contributed by atoms with Crippen LogP contribution in [-0.4, -0.2) is 43.8 Å². The number of nitrogens with zero attached hydrogens (tertiary/aromatic N) is 2. The Morgan fingerprint density at radius 1 is 1.25 bits per heavy atom. The van der Waals surface area contributed by atoms with Crippen LogP contribution in [0.4, 0.5) is 5.69 Å². The fraction of sp³-hybridized carbons (Fsp3) is 0.278. The molecule has 1 heterocycles. The number of sulfonamides is 1. The van der Waals surface area contributed by atoms with E-state index in [1.54, 1.807) is 12.1 Å². The summed E-state index contributed by atoms with van der Waals surface area (Å²) in [6.07, 6.45) is 0.201. The van der Waals surface area contributed by atoms with Gasteiger partial charge in [0.2, 0.25) is 15.9 Å². The molecule has 0 fully saturated rings. The molecular formula is C18H19N3O6S. The zero-order chi connectivity index (χ0) is 20.5. The lowest BCUT2D eigenvalue weighted by molar-refractivity contribution is -0.385. The number of hydrogen-bond donors (Lipinski definition) is 1. The first-order valence-electron chi connectivity index (χ1n) is 8.42. The number of carbonyl (C=O) groups is 1. The minimum absolute atomic E-state index is 0.0254. The summed E-state index contributed by atoms with van der Waals surface area (Å²) in [5, 5.41) is 13.6. The number of ether oxygens (including phenoxy) is 1. The summed E-state index contributed by atoms with van der Waals surface area (Å²) in [5.41, 5.74) is 1.28. The molecule has 0 radical (unpaired) electrons. The number of nitrogens with one attached hydrogen (secondary N) is 1. The fourth-order valence-electron chi connectivity index (χ4n) is 3.25. The lowest BCUT2D eigenvalue weighted by Crippen LogP contribution is -2.51. The van der Waals surface area contributed by atoms with Crippen LogP contribution in [0.25, 0.3) is 0 Å². The zero-order valence-electron chi connectivity index (χ0n) is 15.3. The Morgan fingerprint density at radius 2 is 1.93 bits per heavy atom. The van der Waals surface area contributed by atoms with Gasteiger partial charge in [-0.05, 0) is 23.6 Å². The molecule has 1 amide bonds. The van der Waals surface area contributed by atoms with Crippen LogP contribution in [0.1, 0.15) is 11.1 Å². The summed E-state index contributed by atoms with van der Waals surface area (Å²) in [4.78, 5) is 22.5. The SMILES string of the molecule is CNC(=O)[C@@H]1Cc2ccccc2CN1S(=O)(=O)c1cc([N+](=O)[O-])ccc1OC. The molecule has 2 aromatic rings. The highest BCUT2D eigenvalue weighted by Gasteiger charge is 2.41. The van der Waals surface area contributed by atoms with Gasteiger partial charge in [0, 0.05) is 25.7 Å². The van der Waals surface area contributed by atoms with E-state index in [1.807, 2.05) is 12.1 Å². The van der Waals surface area contributed by atoms with Crippen molar-refractivity contribution in [3.05, 3.63) is 63.7 Å². The summed E-state index contributed by atoms with van der Waals surface area (Å²) in [6, 6.07) is 9.64. The quantitative estimate of drug-likeness (QED) is 0.594. The molecule has 0 saturated heterocycles. The van der Waals surface area contributed by atoms with Crippen LogP contribution in [0.2, 0.25) is 0 Å². The third-order valence-electron chi connectivity index (χ3n) is 4.70. The Balaban J connectivity index is 2.15. The fourth-order valence-corrected chi connectivity index (χ4v) is 4.99. The first-order valence-corrected chi connectivity index (χ1v) is 9.86. The number of benzene rings is 2. The van der Waals surface area contributed by atoms with E-state index in [-0.39, 0.29) is 29.3 Å². The third-order valence-corrected chi connectivity index (χ3v) is 6.58. The second kappa shape index (κ2) is 7.56. The first-order chi connectivity index (χ1) is 13.3. The lowest BCUT2D eigenvalue weighted by Gasteiger charge is -2.34. The predicted octanol–water partition coefficient (Wildman–Crippen LogP) is 1.46. The van der Waals surface area contributed by atoms with Gasteiger partial charge < -0.3 is 10.1 Å². The third kappa shape index (κ3) is 3.43. The van der Waals surface area contributed by atoms with Gasteiger partial charge in [-0.25, -0.2) is 8.42 Å². The van der Waals surface area contributed by atoms with Crippen LogP contribution >= 0.6 is 0 Å². The largest absolute Gasteiger partial charge is 0.495 e. The Kier molecular flexibility index (Phi) is 5.34. The topological polar surface area (TPSA) is 119 Å². The van der Waals surface area contributed by atoms with Crippen LogP contribution in [-0.2, 0) is 27.8 Å². The normalized spacial score (nSPS) is 16.9. The number of hydrogen-bond acceptors (Lipinski definition) is 6. The second-order valence-electron chi connectivity index (χ2n) is 6.25. The number of fused-ring (bicyclic) bond motifs is 1. The molecule has 28 heavy (non-hydrogen) atoms. The monoisotopic (exact) mass is 405 g/mol. The molecule has 0 bridgehead atoms. The van der Waals surface area contributed by atoms with E-state index in [9.17, 15) is 23.3 Å². The Morgan fingerprint density at radius 3 is 2.54 bits per heavy atom. The molecule has 10 heteroatoms. The minimum atomic E-state index is -4.26. The number of rotatable bonds is 5. The van der Waals surface area contributed by atoms with Gasteiger partial charge in [-0.1, -0.05) is 24.3 Å². The maximum Gasteiger partial charge on any atom is 0.271 e. The van der Waals surface area contributed by atoms with Crippen molar-refractivity contribution in [3.8, 4) is 5.75 Å². The highest BCUT2D eigenvalue weighted by molar-refractivity contribution is 7.89. The summed E-state index contributed by atoms with van der Waals surface area (Å²) in [7, 11) is -1.55. The van der Waals surface area contributed by atoms with Crippen LogP contribution in [0, 0.1) is 10.1 Å². The molecule has 0 unspecified atom stereocenters. The van der Waals surface area contributed by atoms with Crippen molar-refractivity contribution >= 4 is 21.6 Å². The van der Waals surface area contributed by atoms with E-state index in [2.05, 4.69) is 5.32 Å². The molecule has 1 aliphatic rings.